The van der Waals surface area contributed by atoms with Crippen molar-refractivity contribution in [2.24, 2.45) is 5.92 Å². The van der Waals surface area contributed by atoms with Crippen LogP contribution in [0.1, 0.15) is 26.2 Å². The van der Waals surface area contributed by atoms with E-state index < -0.39 is 11.0 Å². The standard InChI is InChI=1S/C10H17BrF3N/c1-2-8-3-5-15(6-4-8)7-9(11)10(12,13)14/h8-9H,2-7H2,1H3. The first kappa shape index (κ1) is 13.3. The van der Waals surface area contributed by atoms with E-state index in [1.165, 1.54) is 0 Å². The van der Waals surface area contributed by atoms with Crippen molar-refractivity contribution in [1.29, 1.82) is 0 Å². The zero-order valence-corrected chi connectivity index (χ0v) is 10.4. The van der Waals surface area contributed by atoms with Gasteiger partial charge in [0, 0.05) is 6.54 Å². The summed E-state index contributed by atoms with van der Waals surface area (Å²) in [5.41, 5.74) is 0. The Morgan fingerprint density at radius 1 is 1.33 bits per heavy atom. The number of hydrogen-bond donors (Lipinski definition) is 0. The molecule has 1 aliphatic heterocycles. The summed E-state index contributed by atoms with van der Waals surface area (Å²) in [6.45, 7) is 3.83. The zero-order valence-electron chi connectivity index (χ0n) is 8.86. The molecule has 0 bridgehead atoms. The Morgan fingerprint density at radius 2 is 1.87 bits per heavy atom. The molecule has 0 saturated carbocycles. The van der Waals surface area contributed by atoms with Gasteiger partial charge in [-0.1, -0.05) is 29.3 Å². The maximum atomic E-state index is 12.3. The lowest BCUT2D eigenvalue weighted by atomic mass is 9.94. The smallest absolute Gasteiger partial charge is 0.302 e. The predicted molar refractivity (Wildman–Crippen MR) is 58.2 cm³/mol. The molecule has 1 heterocycles. The molecule has 0 aromatic rings. The van der Waals surface area contributed by atoms with Crippen molar-refractivity contribution in [3.8, 4) is 0 Å². The number of alkyl halides is 4. The summed E-state index contributed by atoms with van der Waals surface area (Å²) in [6, 6.07) is 0. The van der Waals surface area contributed by atoms with E-state index >= 15 is 0 Å². The Labute approximate surface area is 97.1 Å². The second kappa shape index (κ2) is 5.53. The van der Waals surface area contributed by atoms with Crippen LogP contribution in [0.5, 0.6) is 0 Å². The van der Waals surface area contributed by atoms with E-state index in [0.29, 0.717) is 5.92 Å². The van der Waals surface area contributed by atoms with Crippen molar-refractivity contribution in [3.63, 3.8) is 0 Å². The van der Waals surface area contributed by atoms with Crippen LogP contribution in [-0.2, 0) is 0 Å². The van der Waals surface area contributed by atoms with Gasteiger partial charge in [-0.15, -0.1) is 0 Å². The molecular weight excluding hydrogens is 271 g/mol. The normalized spacial score (nSPS) is 23.0. The third-order valence-corrected chi connectivity index (χ3v) is 3.87. The molecule has 15 heavy (non-hydrogen) atoms. The SMILES string of the molecule is CCC1CCN(CC(Br)C(F)(F)F)CC1. The summed E-state index contributed by atoms with van der Waals surface area (Å²) in [6.07, 6.45) is -0.908. The summed E-state index contributed by atoms with van der Waals surface area (Å²) in [4.78, 5) is 0.516. The molecule has 1 saturated heterocycles. The average Bonchev–Trinajstić information content (AvgIpc) is 2.17. The van der Waals surface area contributed by atoms with Gasteiger partial charge in [-0.05, 0) is 31.8 Å². The maximum Gasteiger partial charge on any atom is 0.402 e. The second-order valence-corrected chi connectivity index (χ2v) is 5.27. The molecular formula is C10H17BrF3N. The molecule has 0 aliphatic carbocycles. The highest BCUT2D eigenvalue weighted by Gasteiger charge is 2.38. The zero-order chi connectivity index (χ0) is 11.5. The summed E-state index contributed by atoms with van der Waals surface area (Å²) in [7, 11) is 0. The first-order chi connectivity index (χ1) is 6.93. The first-order valence-electron chi connectivity index (χ1n) is 5.36. The Hall–Kier alpha value is 0.230. The Bertz CT molecular complexity index is 188. The van der Waals surface area contributed by atoms with Crippen molar-refractivity contribution in [1.82, 2.24) is 4.90 Å². The molecule has 0 spiro atoms. The third kappa shape index (κ3) is 4.31. The van der Waals surface area contributed by atoms with E-state index in [0.717, 1.165) is 32.4 Å². The van der Waals surface area contributed by atoms with Crippen LogP contribution >= 0.6 is 15.9 Å². The lowest BCUT2D eigenvalue weighted by molar-refractivity contribution is -0.131. The van der Waals surface area contributed by atoms with Gasteiger partial charge in [0.05, 0.1) is 0 Å². The fourth-order valence-corrected chi connectivity index (χ4v) is 2.32. The van der Waals surface area contributed by atoms with Gasteiger partial charge in [0.15, 0.2) is 0 Å². The van der Waals surface area contributed by atoms with Gasteiger partial charge in [-0.25, -0.2) is 0 Å². The molecule has 1 rings (SSSR count). The lowest BCUT2D eigenvalue weighted by Gasteiger charge is -2.33. The van der Waals surface area contributed by atoms with Crippen LogP contribution in [0.4, 0.5) is 13.2 Å². The molecule has 5 heteroatoms. The highest BCUT2D eigenvalue weighted by Crippen LogP contribution is 2.28. The van der Waals surface area contributed by atoms with E-state index in [9.17, 15) is 13.2 Å². The van der Waals surface area contributed by atoms with Crippen LogP contribution in [0.25, 0.3) is 0 Å². The Kier molecular flexibility index (Phi) is 4.90. The molecule has 0 aromatic heterocycles. The Balaban J connectivity index is 2.29. The van der Waals surface area contributed by atoms with Crippen LogP contribution in [0.3, 0.4) is 0 Å². The van der Waals surface area contributed by atoms with Crippen LogP contribution in [0.2, 0.25) is 0 Å². The predicted octanol–water partition coefficient (Wildman–Crippen LogP) is 3.43. The number of halogens is 4. The van der Waals surface area contributed by atoms with Gasteiger partial charge in [0.1, 0.15) is 4.83 Å². The first-order valence-corrected chi connectivity index (χ1v) is 6.28. The minimum atomic E-state index is -4.12. The Morgan fingerprint density at radius 3 is 2.27 bits per heavy atom. The van der Waals surface area contributed by atoms with Gasteiger partial charge in [0.25, 0.3) is 0 Å². The summed E-state index contributed by atoms with van der Waals surface area (Å²) < 4.78 is 36.8. The summed E-state index contributed by atoms with van der Waals surface area (Å²) in [5, 5.41) is 0. The number of piperidine rings is 1. The van der Waals surface area contributed by atoms with Gasteiger partial charge >= 0.3 is 6.18 Å². The van der Waals surface area contributed by atoms with Crippen molar-refractivity contribution in [2.45, 2.75) is 37.2 Å². The third-order valence-electron chi connectivity index (χ3n) is 3.06. The molecule has 1 aliphatic rings. The lowest BCUT2D eigenvalue weighted by Crippen LogP contribution is -2.41. The molecule has 0 N–H and O–H groups in total. The quantitative estimate of drug-likeness (QED) is 0.719. The van der Waals surface area contributed by atoms with Crippen molar-refractivity contribution >= 4 is 15.9 Å². The van der Waals surface area contributed by atoms with E-state index in [1.54, 1.807) is 0 Å². The fourth-order valence-electron chi connectivity index (χ4n) is 1.91. The highest BCUT2D eigenvalue weighted by molar-refractivity contribution is 9.09. The molecule has 0 aromatic carbocycles. The molecule has 1 atom stereocenters. The van der Waals surface area contributed by atoms with Crippen LogP contribution in [-0.4, -0.2) is 35.5 Å². The molecule has 0 amide bonds. The van der Waals surface area contributed by atoms with Crippen molar-refractivity contribution in [3.05, 3.63) is 0 Å². The van der Waals surface area contributed by atoms with E-state index in [-0.39, 0.29) is 6.54 Å². The van der Waals surface area contributed by atoms with Crippen molar-refractivity contribution < 1.29 is 13.2 Å². The van der Waals surface area contributed by atoms with Gasteiger partial charge in [0.2, 0.25) is 0 Å². The van der Waals surface area contributed by atoms with Gasteiger partial charge in [-0.2, -0.15) is 13.2 Å². The average molecular weight is 288 g/mol. The van der Waals surface area contributed by atoms with Crippen molar-refractivity contribution in [2.75, 3.05) is 19.6 Å². The topological polar surface area (TPSA) is 3.24 Å². The highest BCUT2D eigenvalue weighted by atomic mass is 79.9. The number of nitrogens with zero attached hydrogens (tertiary/aromatic N) is 1. The maximum absolute atomic E-state index is 12.3. The molecule has 1 nitrogen and oxygen atoms in total. The molecule has 1 unspecified atom stereocenters. The molecule has 90 valence electrons. The minimum absolute atomic E-state index is 0.0833. The van der Waals surface area contributed by atoms with Gasteiger partial charge in [-0.3, -0.25) is 0 Å². The summed E-state index contributed by atoms with van der Waals surface area (Å²) >= 11 is 2.70. The number of rotatable bonds is 3. The summed E-state index contributed by atoms with van der Waals surface area (Å²) in [5.74, 6) is 0.709. The van der Waals surface area contributed by atoms with E-state index in [4.69, 9.17) is 0 Å². The number of likely N-dealkylation sites (tertiary alicyclic amines) is 1. The second-order valence-electron chi connectivity index (χ2n) is 4.16. The monoisotopic (exact) mass is 287 g/mol. The molecule has 1 fully saturated rings. The van der Waals surface area contributed by atoms with Gasteiger partial charge < -0.3 is 4.90 Å². The van der Waals surface area contributed by atoms with E-state index in [2.05, 4.69) is 22.9 Å². The number of hydrogen-bond acceptors (Lipinski definition) is 1. The minimum Gasteiger partial charge on any atom is -0.302 e. The van der Waals surface area contributed by atoms with E-state index in [1.807, 2.05) is 4.90 Å². The fraction of sp³-hybridized carbons (Fsp3) is 1.00. The van der Waals surface area contributed by atoms with Crippen LogP contribution in [0, 0.1) is 5.92 Å². The molecule has 0 radical (unpaired) electrons. The largest absolute Gasteiger partial charge is 0.402 e. The van der Waals surface area contributed by atoms with Crippen LogP contribution in [0.15, 0.2) is 0 Å². The van der Waals surface area contributed by atoms with Crippen LogP contribution < -0.4 is 0 Å².